The Labute approximate surface area is 165 Å². The van der Waals surface area contributed by atoms with Crippen LogP contribution in [-0.2, 0) is 10.0 Å². The molecule has 6 nitrogen and oxygen atoms in total. The Morgan fingerprint density at radius 2 is 1.41 bits per heavy atom. The smallest absolute Gasteiger partial charge is 0.258 e. The van der Waals surface area contributed by atoms with Gasteiger partial charge in [-0.05, 0) is 35.4 Å². The van der Waals surface area contributed by atoms with Crippen LogP contribution >= 0.6 is 15.9 Å². The van der Waals surface area contributed by atoms with Gasteiger partial charge in [-0.1, -0.05) is 58.4 Å². The Kier molecular flexibility index (Phi) is 5.69. The molecule has 0 aliphatic carbocycles. The van der Waals surface area contributed by atoms with Crippen molar-refractivity contribution in [1.29, 1.82) is 0 Å². The molecule has 0 saturated heterocycles. The van der Waals surface area contributed by atoms with Crippen LogP contribution in [-0.4, -0.2) is 13.3 Å². The van der Waals surface area contributed by atoms with Gasteiger partial charge in [0.05, 0.1) is 15.9 Å². The van der Waals surface area contributed by atoms with Crippen LogP contribution in [0.1, 0.15) is 17.2 Å². The zero-order valence-corrected chi connectivity index (χ0v) is 16.4. The fourth-order valence-corrected chi connectivity index (χ4v) is 4.08. The van der Waals surface area contributed by atoms with Gasteiger partial charge in [0.2, 0.25) is 10.0 Å². The third-order valence-electron chi connectivity index (χ3n) is 3.97. The molecule has 0 heterocycles. The minimum Gasteiger partial charge on any atom is -0.258 e. The van der Waals surface area contributed by atoms with Crippen LogP contribution in [0.3, 0.4) is 0 Å². The van der Waals surface area contributed by atoms with Crippen molar-refractivity contribution in [3.05, 3.63) is 105 Å². The summed E-state index contributed by atoms with van der Waals surface area (Å²) in [6.45, 7) is 0. The van der Waals surface area contributed by atoms with Gasteiger partial charge in [-0.2, -0.15) is 4.72 Å². The van der Waals surface area contributed by atoms with Gasteiger partial charge in [0.15, 0.2) is 0 Å². The van der Waals surface area contributed by atoms with E-state index in [2.05, 4.69) is 20.7 Å². The van der Waals surface area contributed by atoms with Crippen LogP contribution < -0.4 is 4.72 Å². The van der Waals surface area contributed by atoms with Crippen molar-refractivity contribution in [3.8, 4) is 0 Å². The number of hydrogen-bond acceptors (Lipinski definition) is 4. The summed E-state index contributed by atoms with van der Waals surface area (Å²) in [7, 11) is -3.89. The lowest BCUT2D eigenvalue weighted by Gasteiger charge is -2.20. The molecular formula is C19H15BrN2O4S. The van der Waals surface area contributed by atoms with Crippen molar-refractivity contribution in [2.45, 2.75) is 10.9 Å². The number of nitrogens with zero attached hydrogens (tertiary/aromatic N) is 1. The first-order valence-electron chi connectivity index (χ1n) is 7.94. The first kappa shape index (κ1) is 19.2. The minimum absolute atomic E-state index is 0.0360. The number of nitro groups is 1. The number of benzene rings is 3. The van der Waals surface area contributed by atoms with E-state index in [1.165, 1.54) is 24.3 Å². The Balaban J connectivity index is 1.98. The third-order valence-corrected chi connectivity index (χ3v) is 5.93. The number of sulfonamides is 1. The molecule has 8 heteroatoms. The number of hydrogen-bond donors (Lipinski definition) is 1. The lowest BCUT2D eigenvalue weighted by Crippen LogP contribution is -2.29. The van der Waals surface area contributed by atoms with Crippen molar-refractivity contribution in [2.24, 2.45) is 0 Å². The molecular weight excluding hydrogens is 432 g/mol. The molecule has 3 aromatic rings. The highest BCUT2D eigenvalue weighted by Crippen LogP contribution is 2.26. The monoisotopic (exact) mass is 446 g/mol. The van der Waals surface area contributed by atoms with Gasteiger partial charge in [-0.25, -0.2) is 8.42 Å². The summed E-state index contributed by atoms with van der Waals surface area (Å²) >= 11 is 3.37. The third kappa shape index (κ3) is 4.60. The van der Waals surface area contributed by atoms with E-state index in [9.17, 15) is 18.5 Å². The minimum atomic E-state index is -3.89. The molecule has 3 rings (SSSR count). The van der Waals surface area contributed by atoms with E-state index in [1.807, 2.05) is 54.6 Å². The molecule has 0 aliphatic heterocycles. The molecule has 138 valence electrons. The Morgan fingerprint density at radius 3 is 1.96 bits per heavy atom. The second kappa shape index (κ2) is 7.99. The average Bonchev–Trinajstić information content (AvgIpc) is 2.68. The van der Waals surface area contributed by atoms with Gasteiger partial charge in [0.1, 0.15) is 0 Å². The molecule has 0 saturated carbocycles. The van der Waals surface area contributed by atoms with E-state index in [4.69, 9.17) is 0 Å². The fraction of sp³-hybridized carbons (Fsp3) is 0.0526. The van der Waals surface area contributed by atoms with Gasteiger partial charge in [-0.15, -0.1) is 0 Å². The second-order valence-electron chi connectivity index (χ2n) is 5.77. The first-order chi connectivity index (χ1) is 12.9. The summed E-state index contributed by atoms with van der Waals surface area (Å²) in [6, 6.07) is 20.7. The number of rotatable bonds is 6. The molecule has 0 aliphatic rings. The van der Waals surface area contributed by atoms with Crippen molar-refractivity contribution in [3.63, 3.8) is 0 Å². The van der Waals surface area contributed by atoms with Gasteiger partial charge in [0, 0.05) is 16.6 Å². The summed E-state index contributed by atoms with van der Waals surface area (Å²) in [5.74, 6) is 0. The maximum atomic E-state index is 12.8. The maximum Gasteiger partial charge on any atom is 0.269 e. The van der Waals surface area contributed by atoms with Crippen LogP contribution in [0.5, 0.6) is 0 Å². The Hall–Kier alpha value is -2.55. The zero-order valence-electron chi connectivity index (χ0n) is 13.9. The highest BCUT2D eigenvalue weighted by Gasteiger charge is 2.23. The summed E-state index contributed by atoms with van der Waals surface area (Å²) in [4.78, 5) is 10.2. The zero-order chi connectivity index (χ0) is 19.4. The fourth-order valence-electron chi connectivity index (χ4n) is 2.60. The van der Waals surface area contributed by atoms with Crippen molar-refractivity contribution in [2.75, 3.05) is 0 Å². The van der Waals surface area contributed by atoms with Crippen LogP contribution in [0.15, 0.2) is 88.2 Å². The van der Waals surface area contributed by atoms with Crippen molar-refractivity contribution in [1.82, 2.24) is 4.72 Å². The second-order valence-corrected chi connectivity index (χ2v) is 8.40. The van der Waals surface area contributed by atoms with Crippen LogP contribution in [0.2, 0.25) is 0 Å². The lowest BCUT2D eigenvalue weighted by molar-refractivity contribution is -0.384. The molecule has 0 bridgehead atoms. The molecule has 1 N–H and O–H groups in total. The van der Waals surface area contributed by atoms with E-state index in [-0.39, 0.29) is 10.6 Å². The van der Waals surface area contributed by atoms with Gasteiger partial charge in [-0.3, -0.25) is 10.1 Å². The van der Waals surface area contributed by atoms with Crippen molar-refractivity contribution < 1.29 is 13.3 Å². The van der Waals surface area contributed by atoms with Crippen LogP contribution in [0.25, 0.3) is 0 Å². The van der Waals surface area contributed by atoms with Gasteiger partial charge >= 0.3 is 0 Å². The molecule has 27 heavy (non-hydrogen) atoms. The highest BCUT2D eigenvalue weighted by molar-refractivity contribution is 9.10. The number of halogens is 1. The topological polar surface area (TPSA) is 89.3 Å². The number of non-ortho nitro benzene ring substituents is 1. The maximum absolute atomic E-state index is 12.8. The normalized spacial score (nSPS) is 12.5. The van der Waals surface area contributed by atoms with Gasteiger partial charge < -0.3 is 0 Å². The molecule has 0 radical (unpaired) electrons. The molecule has 0 amide bonds. The quantitative estimate of drug-likeness (QED) is 0.448. The predicted octanol–water partition coefficient (Wildman–Crippen LogP) is 4.43. The summed E-state index contributed by atoms with van der Waals surface area (Å²) in [5, 5.41) is 10.8. The molecule has 1 unspecified atom stereocenters. The van der Waals surface area contributed by atoms with Crippen molar-refractivity contribution >= 4 is 31.6 Å². The largest absolute Gasteiger partial charge is 0.269 e. The van der Waals surface area contributed by atoms with E-state index in [0.717, 1.165) is 15.6 Å². The predicted molar refractivity (Wildman–Crippen MR) is 106 cm³/mol. The molecule has 0 aromatic heterocycles. The van der Waals surface area contributed by atoms with E-state index >= 15 is 0 Å². The summed E-state index contributed by atoms with van der Waals surface area (Å²) < 4.78 is 29.3. The Morgan fingerprint density at radius 1 is 0.852 bits per heavy atom. The first-order valence-corrected chi connectivity index (χ1v) is 10.2. The summed E-state index contributed by atoms with van der Waals surface area (Å²) in [5.41, 5.74) is 1.39. The average molecular weight is 447 g/mol. The summed E-state index contributed by atoms with van der Waals surface area (Å²) in [6.07, 6.45) is 0. The Bertz CT molecular complexity index is 1040. The molecule has 0 fully saturated rings. The molecule has 0 spiro atoms. The van der Waals surface area contributed by atoms with Crippen LogP contribution in [0, 0.1) is 10.1 Å². The molecule has 3 aromatic carbocycles. The standard InChI is InChI=1S/C19H15BrN2O4S/c20-16-8-6-15(7-9-16)19(14-4-2-1-3-5-14)21-27(25,26)18-12-10-17(11-13-18)22(23)24/h1-13,19,21H. The lowest BCUT2D eigenvalue weighted by atomic mass is 10.00. The number of nitrogens with one attached hydrogen (secondary N) is 1. The van der Waals surface area contributed by atoms with E-state index in [1.54, 1.807) is 0 Å². The van der Waals surface area contributed by atoms with E-state index in [0.29, 0.717) is 0 Å². The van der Waals surface area contributed by atoms with Gasteiger partial charge in [0.25, 0.3) is 5.69 Å². The highest BCUT2D eigenvalue weighted by atomic mass is 79.9. The van der Waals surface area contributed by atoms with E-state index < -0.39 is 21.0 Å². The van der Waals surface area contributed by atoms with Crippen LogP contribution in [0.4, 0.5) is 5.69 Å². The number of nitro benzene ring substituents is 1. The molecule has 1 atom stereocenters. The SMILES string of the molecule is O=[N+]([O-])c1ccc(S(=O)(=O)NC(c2ccccc2)c2ccc(Br)cc2)cc1.